The normalized spacial score (nSPS) is 12.0. The Kier molecular flexibility index (Phi) is 8.63. The predicted molar refractivity (Wildman–Crippen MR) is 294 cm³/mol. The minimum absolute atomic E-state index is 0.601. The molecule has 0 atom stereocenters. The van der Waals surface area contributed by atoms with Crippen LogP contribution in [0.1, 0.15) is 0 Å². The van der Waals surface area contributed by atoms with Gasteiger partial charge in [0.15, 0.2) is 17.5 Å². The molecule has 15 aromatic rings. The van der Waals surface area contributed by atoms with Gasteiger partial charge in [0.05, 0.1) is 11.0 Å². The number of thiophene rings is 2. The summed E-state index contributed by atoms with van der Waals surface area (Å²) < 4.78 is 13.9. The van der Waals surface area contributed by atoms with Gasteiger partial charge in [-0.2, -0.15) is 0 Å². The highest BCUT2D eigenvalue weighted by molar-refractivity contribution is 7.26. The highest BCUT2D eigenvalue weighted by Crippen LogP contribution is 2.44. The van der Waals surface area contributed by atoms with Gasteiger partial charge in [0.1, 0.15) is 11.2 Å². The Hall–Kier alpha value is -8.75. The topological polar surface area (TPSA) is 56.7 Å². The minimum Gasteiger partial charge on any atom is -0.456 e. The van der Waals surface area contributed by atoms with E-state index in [1.807, 2.05) is 41.7 Å². The third-order valence-electron chi connectivity index (χ3n) is 13.9. The first kappa shape index (κ1) is 39.3. The number of benzene rings is 10. The fraction of sp³-hybridized carbons (Fsp3) is 0. The quantitative estimate of drug-likeness (QED) is 0.167. The molecule has 0 N–H and O–H groups in total. The zero-order valence-corrected chi connectivity index (χ0v) is 38.9. The van der Waals surface area contributed by atoms with Crippen LogP contribution in [-0.4, -0.2) is 19.5 Å². The van der Waals surface area contributed by atoms with Crippen LogP contribution < -0.4 is 0 Å². The molecule has 5 heterocycles. The number of fused-ring (bicyclic) bond motifs is 12. The summed E-state index contributed by atoms with van der Waals surface area (Å²) in [6.07, 6.45) is 0. The molecule has 5 nitrogen and oxygen atoms in total. The van der Waals surface area contributed by atoms with Crippen LogP contribution in [0.25, 0.3) is 146 Å². The summed E-state index contributed by atoms with van der Waals surface area (Å²) in [5.41, 5.74) is 12.6. The summed E-state index contributed by atoms with van der Waals surface area (Å²) in [7, 11) is 0. The van der Waals surface area contributed by atoms with Gasteiger partial charge in [-0.15, -0.1) is 22.7 Å². The maximum atomic E-state index is 6.60. The van der Waals surface area contributed by atoms with Gasteiger partial charge in [0.25, 0.3) is 0 Å². The van der Waals surface area contributed by atoms with Crippen molar-refractivity contribution in [2.45, 2.75) is 0 Å². The molecule has 0 fully saturated rings. The van der Waals surface area contributed by atoms with E-state index >= 15 is 0 Å². The average Bonchev–Trinajstić information content (AvgIpc) is 4.19. The number of aromatic nitrogens is 4. The summed E-state index contributed by atoms with van der Waals surface area (Å²) in [6, 6.07) is 78.0. The molecule has 15 rings (SSSR count). The van der Waals surface area contributed by atoms with Gasteiger partial charge in [-0.25, -0.2) is 15.0 Å². The zero-order valence-electron chi connectivity index (χ0n) is 37.3. The van der Waals surface area contributed by atoms with E-state index in [-0.39, 0.29) is 0 Å². The smallest absolute Gasteiger partial charge is 0.165 e. The van der Waals surface area contributed by atoms with Crippen LogP contribution in [0.5, 0.6) is 0 Å². The first-order valence-electron chi connectivity index (χ1n) is 23.4. The van der Waals surface area contributed by atoms with E-state index in [1.54, 1.807) is 11.3 Å². The van der Waals surface area contributed by atoms with Crippen molar-refractivity contribution in [1.82, 2.24) is 19.5 Å². The van der Waals surface area contributed by atoms with E-state index in [4.69, 9.17) is 19.4 Å². The molecule has 0 aliphatic carbocycles. The maximum absolute atomic E-state index is 6.60. The molecule has 0 amide bonds. The second-order valence-corrected chi connectivity index (χ2v) is 20.0. The molecule has 0 unspecified atom stereocenters. The molecule has 0 bridgehead atoms. The molecule has 0 spiro atoms. The van der Waals surface area contributed by atoms with Gasteiger partial charge in [0.2, 0.25) is 0 Å². The standard InChI is InChI=1S/C63H36N4OS2/c1-3-13-37(14-4-1)61-64-62(66-63(65-61)47-21-11-19-45-44-18-8-10-24-56(44)70-60(45)47)46-20-12-23-55-59(46)51-36-39(26-30-54(51)68-55)41-28-32-58-50(35-41)49-34-40(27-31-57(49)69-58)38-25-29-53-48(33-38)43-17-7-9-22-52(43)67(53)42-15-5-2-6-16-42/h1-36H. The van der Waals surface area contributed by atoms with Gasteiger partial charge in [-0.1, -0.05) is 133 Å². The van der Waals surface area contributed by atoms with Crippen molar-refractivity contribution in [1.29, 1.82) is 0 Å². The van der Waals surface area contributed by atoms with Crippen molar-refractivity contribution in [2.24, 2.45) is 0 Å². The lowest BCUT2D eigenvalue weighted by molar-refractivity contribution is 0.669. The van der Waals surface area contributed by atoms with Crippen molar-refractivity contribution in [3.8, 4) is 62.1 Å². The molecule has 5 aromatic heterocycles. The number of furan rings is 1. The van der Waals surface area contributed by atoms with E-state index in [0.717, 1.165) is 60.1 Å². The fourth-order valence-corrected chi connectivity index (χ4v) is 12.9. The van der Waals surface area contributed by atoms with Gasteiger partial charge in [-0.05, 0) is 107 Å². The monoisotopic (exact) mass is 928 g/mol. The Labute approximate surface area is 408 Å². The van der Waals surface area contributed by atoms with Crippen molar-refractivity contribution in [3.05, 3.63) is 218 Å². The highest BCUT2D eigenvalue weighted by Gasteiger charge is 2.21. The van der Waals surface area contributed by atoms with Gasteiger partial charge < -0.3 is 8.98 Å². The molecule has 7 heteroatoms. The number of para-hydroxylation sites is 2. The predicted octanol–water partition coefficient (Wildman–Crippen LogP) is 17.9. The summed E-state index contributed by atoms with van der Waals surface area (Å²) >= 11 is 3.62. The first-order chi connectivity index (χ1) is 34.7. The Morgan fingerprint density at radius 1 is 0.329 bits per heavy atom. The molecule has 0 aliphatic heterocycles. The molecule has 0 radical (unpaired) electrons. The number of rotatable bonds is 6. The van der Waals surface area contributed by atoms with Crippen LogP contribution in [0.15, 0.2) is 223 Å². The third-order valence-corrected chi connectivity index (χ3v) is 16.2. The van der Waals surface area contributed by atoms with E-state index in [0.29, 0.717) is 17.5 Å². The fourth-order valence-electron chi connectivity index (χ4n) is 10.6. The lowest BCUT2D eigenvalue weighted by Gasteiger charge is -2.10. The van der Waals surface area contributed by atoms with Gasteiger partial charge >= 0.3 is 0 Å². The Morgan fingerprint density at radius 2 is 0.886 bits per heavy atom. The van der Waals surface area contributed by atoms with Crippen LogP contribution in [0, 0.1) is 0 Å². The number of hydrogen-bond acceptors (Lipinski definition) is 6. The number of hydrogen-bond donors (Lipinski definition) is 0. The SMILES string of the molecule is c1ccc(-c2nc(-c3cccc4c3sc3ccccc34)nc(-c3cccc4oc5ccc(-c6ccc7sc8ccc(-c9ccc%10c(c9)c9ccccc9n%10-c9ccccc9)cc8c7c6)cc5c34)n2)cc1. The van der Waals surface area contributed by atoms with Crippen LogP contribution in [0.2, 0.25) is 0 Å². The average molecular weight is 929 g/mol. The lowest BCUT2D eigenvalue weighted by atomic mass is 9.98. The third kappa shape index (κ3) is 6.12. The maximum Gasteiger partial charge on any atom is 0.165 e. The largest absolute Gasteiger partial charge is 0.456 e. The van der Waals surface area contributed by atoms with Crippen molar-refractivity contribution in [2.75, 3.05) is 0 Å². The second-order valence-electron chi connectivity index (χ2n) is 17.9. The number of nitrogens with zero attached hydrogens (tertiary/aromatic N) is 4. The minimum atomic E-state index is 0.601. The Morgan fingerprint density at radius 3 is 1.67 bits per heavy atom. The molecule has 10 aromatic carbocycles. The summed E-state index contributed by atoms with van der Waals surface area (Å²) in [5.74, 6) is 1.87. The van der Waals surface area contributed by atoms with E-state index in [1.165, 1.54) is 68.6 Å². The van der Waals surface area contributed by atoms with Crippen LogP contribution in [-0.2, 0) is 0 Å². The highest BCUT2D eigenvalue weighted by atomic mass is 32.1. The van der Waals surface area contributed by atoms with Crippen molar-refractivity contribution < 1.29 is 4.42 Å². The molecular formula is C63H36N4OS2. The lowest BCUT2D eigenvalue weighted by Crippen LogP contribution is -2.00. The van der Waals surface area contributed by atoms with E-state index < -0.39 is 0 Å². The summed E-state index contributed by atoms with van der Waals surface area (Å²) in [4.78, 5) is 15.7. The first-order valence-corrected chi connectivity index (χ1v) is 25.0. The van der Waals surface area contributed by atoms with Gasteiger partial charge in [-0.3, -0.25) is 0 Å². The molecule has 0 aliphatic rings. The van der Waals surface area contributed by atoms with Crippen LogP contribution >= 0.6 is 22.7 Å². The van der Waals surface area contributed by atoms with E-state index in [9.17, 15) is 0 Å². The van der Waals surface area contributed by atoms with Crippen LogP contribution in [0.3, 0.4) is 0 Å². The van der Waals surface area contributed by atoms with E-state index in [2.05, 4.69) is 193 Å². The summed E-state index contributed by atoms with van der Waals surface area (Å²) in [6.45, 7) is 0. The van der Waals surface area contributed by atoms with Gasteiger partial charge in [0, 0.05) is 84.3 Å². The second kappa shape index (κ2) is 15.4. The Bertz CT molecular complexity index is 4600. The molecule has 326 valence electrons. The molecular weight excluding hydrogens is 893 g/mol. The van der Waals surface area contributed by atoms with Crippen molar-refractivity contribution >= 4 is 107 Å². The zero-order chi connectivity index (χ0) is 45.9. The molecule has 0 saturated carbocycles. The van der Waals surface area contributed by atoms with Crippen LogP contribution in [0.4, 0.5) is 0 Å². The molecule has 70 heavy (non-hydrogen) atoms. The van der Waals surface area contributed by atoms with Crippen molar-refractivity contribution in [3.63, 3.8) is 0 Å². The molecule has 0 saturated heterocycles. The summed E-state index contributed by atoms with van der Waals surface area (Å²) in [5, 5.41) is 9.44. The Balaban J connectivity index is 0.855.